The van der Waals surface area contributed by atoms with Gasteiger partial charge < -0.3 is 19.5 Å². The molecule has 22 heavy (non-hydrogen) atoms. The number of Topliss-reactive ketones (excluding diaryl/α,β-unsaturated/α-hetero) is 1. The first-order valence-corrected chi connectivity index (χ1v) is 7.11. The van der Waals surface area contributed by atoms with Gasteiger partial charge in [0.25, 0.3) is 5.79 Å². The van der Waals surface area contributed by atoms with Gasteiger partial charge in [-0.2, -0.15) is 0 Å². The van der Waals surface area contributed by atoms with E-state index in [1.54, 1.807) is 6.92 Å². The SMILES string of the molecule is CC1CC(C(=O)C2C(=O)OC(C)(C)OC2=O)CCN1C(=O)O. The van der Waals surface area contributed by atoms with Gasteiger partial charge >= 0.3 is 18.0 Å². The van der Waals surface area contributed by atoms with Gasteiger partial charge in [-0.05, 0) is 19.8 Å². The molecule has 2 aliphatic heterocycles. The Hall–Kier alpha value is -2.12. The molecule has 2 aliphatic rings. The molecule has 0 radical (unpaired) electrons. The van der Waals surface area contributed by atoms with Crippen molar-refractivity contribution in [3.8, 4) is 0 Å². The summed E-state index contributed by atoms with van der Waals surface area (Å²) in [5, 5.41) is 9.02. The minimum atomic E-state index is -1.57. The van der Waals surface area contributed by atoms with Crippen molar-refractivity contribution in [2.45, 2.75) is 45.4 Å². The quantitative estimate of drug-likeness (QED) is 0.592. The van der Waals surface area contributed by atoms with Crippen LogP contribution in [0.1, 0.15) is 33.6 Å². The van der Waals surface area contributed by atoms with Crippen LogP contribution in [-0.4, -0.2) is 52.2 Å². The third-order valence-electron chi connectivity index (χ3n) is 3.97. The van der Waals surface area contributed by atoms with Crippen LogP contribution in [0.5, 0.6) is 0 Å². The van der Waals surface area contributed by atoms with E-state index in [1.807, 2.05) is 0 Å². The lowest BCUT2D eigenvalue weighted by molar-refractivity contribution is -0.238. The number of carboxylic acid groups (broad SMARTS) is 1. The van der Waals surface area contributed by atoms with Crippen molar-refractivity contribution in [1.29, 1.82) is 0 Å². The predicted octanol–water partition coefficient (Wildman–Crippen LogP) is 0.786. The Labute approximate surface area is 127 Å². The first-order chi connectivity index (χ1) is 10.1. The minimum absolute atomic E-state index is 0.190. The van der Waals surface area contributed by atoms with Crippen molar-refractivity contribution in [2.24, 2.45) is 11.8 Å². The lowest BCUT2D eigenvalue weighted by Gasteiger charge is -2.37. The Morgan fingerprint density at radius 3 is 2.23 bits per heavy atom. The third-order valence-corrected chi connectivity index (χ3v) is 3.97. The standard InChI is InChI=1S/C14H19NO7/c1-7-6-8(4-5-15(7)13(19)20)10(16)9-11(17)21-14(2,3)22-12(9)18/h7-9H,4-6H2,1-3H3,(H,19,20). The van der Waals surface area contributed by atoms with E-state index in [-0.39, 0.29) is 25.4 Å². The van der Waals surface area contributed by atoms with E-state index in [0.29, 0.717) is 0 Å². The van der Waals surface area contributed by atoms with Crippen LogP contribution < -0.4 is 0 Å². The van der Waals surface area contributed by atoms with Gasteiger partial charge in [0.1, 0.15) is 0 Å². The third kappa shape index (κ3) is 3.05. The first kappa shape index (κ1) is 16.3. The molecule has 2 heterocycles. The van der Waals surface area contributed by atoms with Gasteiger partial charge in [0.15, 0.2) is 5.78 Å². The summed E-state index contributed by atoms with van der Waals surface area (Å²) < 4.78 is 9.90. The number of esters is 2. The Morgan fingerprint density at radius 2 is 1.77 bits per heavy atom. The highest BCUT2D eigenvalue weighted by atomic mass is 16.7. The molecule has 8 nitrogen and oxygen atoms in total. The maximum absolute atomic E-state index is 12.4. The molecule has 0 bridgehead atoms. The topological polar surface area (TPSA) is 110 Å². The van der Waals surface area contributed by atoms with Crippen molar-refractivity contribution in [2.75, 3.05) is 6.54 Å². The van der Waals surface area contributed by atoms with Gasteiger partial charge in [-0.25, -0.2) is 4.79 Å². The maximum Gasteiger partial charge on any atom is 0.407 e. The fraction of sp³-hybridized carbons (Fsp3) is 0.714. The highest BCUT2D eigenvalue weighted by molar-refractivity contribution is 6.16. The number of hydrogen-bond acceptors (Lipinski definition) is 6. The maximum atomic E-state index is 12.4. The van der Waals surface area contributed by atoms with E-state index in [4.69, 9.17) is 14.6 Å². The second-order valence-corrected chi connectivity index (χ2v) is 6.12. The zero-order valence-corrected chi connectivity index (χ0v) is 12.7. The number of ketones is 1. The number of carbonyl (C=O) groups excluding carboxylic acids is 3. The first-order valence-electron chi connectivity index (χ1n) is 7.11. The summed E-state index contributed by atoms with van der Waals surface area (Å²) in [6.45, 7) is 4.71. The van der Waals surface area contributed by atoms with Crippen molar-refractivity contribution < 1.29 is 33.8 Å². The second kappa shape index (κ2) is 5.58. The molecular formula is C14H19NO7. The summed E-state index contributed by atoms with van der Waals surface area (Å²) in [4.78, 5) is 48.5. The van der Waals surface area contributed by atoms with E-state index in [2.05, 4.69) is 0 Å². The number of nitrogens with zero attached hydrogens (tertiary/aromatic N) is 1. The number of rotatable bonds is 2. The molecule has 1 amide bonds. The lowest BCUT2D eigenvalue weighted by Crippen LogP contribution is -2.52. The number of hydrogen-bond donors (Lipinski definition) is 1. The molecule has 0 saturated carbocycles. The molecule has 2 rings (SSSR count). The molecule has 8 heteroatoms. The second-order valence-electron chi connectivity index (χ2n) is 6.12. The zero-order chi connectivity index (χ0) is 16.7. The van der Waals surface area contributed by atoms with Gasteiger partial charge in [0.2, 0.25) is 5.92 Å². The van der Waals surface area contributed by atoms with Crippen LogP contribution in [0.15, 0.2) is 0 Å². The largest absolute Gasteiger partial charge is 0.465 e. The number of likely N-dealkylation sites (tertiary alicyclic amines) is 1. The molecule has 0 aromatic carbocycles. The highest BCUT2D eigenvalue weighted by Crippen LogP contribution is 2.30. The Bertz CT molecular complexity index is 507. The summed E-state index contributed by atoms with van der Waals surface area (Å²) in [6.07, 6.45) is -0.502. The van der Waals surface area contributed by atoms with Crippen LogP contribution in [0.2, 0.25) is 0 Å². The molecule has 2 atom stereocenters. The fourth-order valence-electron chi connectivity index (χ4n) is 2.90. The summed E-state index contributed by atoms with van der Waals surface area (Å²) in [7, 11) is 0. The summed E-state index contributed by atoms with van der Waals surface area (Å²) in [5.41, 5.74) is 0. The molecule has 1 N–H and O–H groups in total. The average Bonchev–Trinajstić information content (AvgIpc) is 2.35. The molecule has 2 unspecified atom stereocenters. The molecule has 0 aliphatic carbocycles. The number of ether oxygens (including phenoxy) is 2. The number of amides is 1. The molecule has 0 aromatic rings. The average molecular weight is 313 g/mol. The van der Waals surface area contributed by atoms with Crippen molar-refractivity contribution >= 4 is 23.8 Å². The van der Waals surface area contributed by atoms with Crippen LogP contribution in [0, 0.1) is 11.8 Å². The monoisotopic (exact) mass is 313 g/mol. The van der Waals surface area contributed by atoms with Crippen molar-refractivity contribution in [1.82, 2.24) is 4.90 Å². The van der Waals surface area contributed by atoms with Gasteiger partial charge in [0, 0.05) is 32.4 Å². The molecule has 122 valence electrons. The number of cyclic esters (lactones) is 2. The molecular weight excluding hydrogens is 294 g/mol. The Kier molecular flexibility index (Phi) is 4.12. The van der Waals surface area contributed by atoms with Crippen LogP contribution in [0.3, 0.4) is 0 Å². The van der Waals surface area contributed by atoms with Gasteiger partial charge in [0.05, 0.1) is 0 Å². The van der Waals surface area contributed by atoms with Gasteiger partial charge in [-0.15, -0.1) is 0 Å². The van der Waals surface area contributed by atoms with Crippen LogP contribution in [0.25, 0.3) is 0 Å². The molecule has 0 spiro atoms. The zero-order valence-electron chi connectivity index (χ0n) is 12.7. The van der Waals surface area contributed by atoms with E-state index in [9.17, 15) is 19.2 Å². The van der Waals surface area contributed by atoms with Crippen molar-refractivity contribution in [3.05, 3.63) is 0 Å². The minimum Gasteiger partial charge on any atom is -0.465 e. The smallest absolute Gasteiger partial charge is 0.407 e. The van der Waals surface area contributed by atoms with E-state index in [1.165, 1.54) is 18.7 Å². The van der Waals surface area contributed by atoms with Crippen LogP contribution in [0.4, 0.5) is 4.79 Å². The predicted molar refractivity (Wildman–Crippen MR) is 71.7 cm³/mol. The van der Waals surface area contributed by atoms with Crippen LogP contribution in [-0.2, 0) is 23.9 Å². The van der Waals surface area contributed by atoms with E-state index < -0.39 is 41.4 Å². The Balaban J connectivity index is 2.08. The van der Waals surface area contributed by atoms with Gasteiger partial charge in [-0.3, -0.25) is 14.4 Å². The Morgan fingerprint density at radius 1 is 1.23 bits per heavy atom. The number of piperidine rings is 1. The lowest BCUT2D eigenvalue weighted by atomic mass is 9.82. The summed E-state index contributed by atoms with van der Waals surface area (Å²) in [6, 6.07) is -0.354. The molecule has 0 aromatic heterocycles. The van der Waals surface area contributed by atoms with Crippen LogP contribution >= 0.6 is 0 Å². The number of carbonyl (C=O) groups is 4. The fourth-order valence-corrected chi connectivity index (χ4v) is 2.90. The van der Waals surface area contributed by atoms with E-state index in [0.717, 1.165) is 0 Å². The summed E-state index contributed by atoms with van der Waals surface area (Å²) >= 11 is 0. The summed E-state index contributed by atoms with van der Waals surface area (Å²) in [5.74, 6) is -5.86. The molecule has 2 saturated heterocycles. The highest BCUT2D eigenvalue weighted by Gasteiger charge is 2.49. The molecule has 2 fully saturated rings. The normalized spacial score (nSPS) is 28.8. The van der Waals surface area contributed by atoms with Gasteiger partial charge in [-0.1, -0.05) is 0 Å². The van der Waals surface area contributed by atoms with E-state index >= 15 is 0 Å². The van der Waals surface area contributed by atoms with Crippen molar-refractivity contribution in [3.63, 3.8) is 0 Å².